The van der Waals surface area contributed by atoms with E-state index in [0.717, 1.165) is 25.1 Å². The molecule has 0 unspecified atom stereocenters. The molecule has 0 aliphatic heterocycles. The topological polar surface area (TPSA) is 23.5 Å². The number of nitrogens with zero attached hydrogens (tertiary/aromatic N) is 1. The molecule has 2 aromatic rings. The number of aliphatic hydroxyl groups is 1. The third kappa shape index (κ3) is 4.51. The van der Waals surface area contributed by atoms with E-state index in [1.807, 2.05) is 36.4 Å². The van der Waals surface area contributed by atoms with Gasteiger partial charge in [-0.3, -0.25) is 0 Å². The van der Waals surface area contributed by atoms with Crippen LogP contribution >= 0.6 is 0 Å². The lowest BCUT2D eigenvalue weighted by atomic mass is 10.1. The van der Waals surface area contributed by atoms with Gasteiger partial charge in [-0.15, -0.1) is 0 Å². The normalized spacial score (nSPS) is 12.6. The highest BCUT2D eigenvalue weighted by atomic mass is 16.3. The van der Waals surface area contributed by atoms with E-state index in [1.165, 1.54) is 5.56 Å². The van der Waals surface area contributed by atoms with Gasteiger partial charge in [0.15, 0.2) is 0 Å². The van der Waals surface area contributed by atoms with Gasteiger partial charge in [-0.2, -0.15) is 0 Å². The van der Waals surface area contributed by atoms with E-state index in [2.05, 4.69) is 36.2 Å². The summed E-state index contributed by atoms with van der Waals surface area (Å²) in [7, 11) is 2.09. The average molecular weight is 255 g/mol. The van der Waals surface area contributed by atoms with E-state index in [-0.39, 0.29) is 6.10 Å². The minimum atomic E-state index is -0.376. The van der Waals surface area contributed by atoms with Crippen LogP contribution in [-0.2, 0) is 6.54 Å². The number of hydrogen-bond acceptors (Lipinski definition) is 2. The molecule has 2 heteroatoms. The Kier molecular flexibility index (Phi) is 5.13. The highest BCUT2D eigenvalue weighted by molar-refractivity contribution is 5.17. The Morgan fingerprint density at radius 3 is 2.16 bits per heavy atom. The lowest BCUT2D eigenvalue weighted by Gasteiger charge is -2.19. The highest BCUT2D eigenvalue weighted by Crippen LogP contribution is 2.16. The van der Waals surface area contributed by atoms with Gasteiger partial charge in [-0.1, -0.05) is 60.7 Å². The number of aliphatic hydroxyl groups excluding tert-OH is 1. The minimum Gasteiger partial charge on any atom is -0.388 e. The fraction of sp³-hybridized carbons (Fsp3) is 0.294. The summed E-state index contributed by atoms with van der Waals surface area (Å²) in [6.45, 7) is 1.80. The van der Waals surface area contributed by atoms with Gasteiger partial charge in [0.1, 0.15) is 0 Å². The van der Waals surface area contributed by atoms with Gasteiger partial charge >= 0.3 is 0 Å². The van der Waals surface area contributed by atoms with Crippen LogP contribution in [0.4, 0.5) is 0 Å². The first-order valence-electron chi connectivity index (χ1n) is 6.71. The van der Waals surface area contributed by atoms with Gasteiger partial charge in [0, 0.05) is 13.1 Å². The summed E-state index contributed by atoms with van der Waals surface area (Å²) in [5.74, 6) is 0. The quantitative estimate of drug-likeness (QED) is 0.856. The molecule has 0 heterocycles. The molecule has 100 valence electrons. The fourth-order valence-electron chi connectivity index (χ4n) is 2.16. The molecule has 0 radical (unpaired) electrons. The molecule has 2 aromatic carbocycles. The molecular weight excluding hydrogens is 234 g/mol. The molecule has 1 N–H and O–H groups in total. The molecule has 19 heavy (non-hydrogen) atoms. The highest BCUT2D eigenvalue weighted by Gasteiger charge is 2.08. The first-order valence-corrected chi connectivity index (χ1v) is 6.71. The zero-order valence-electron chi connectivity index (χ0n) is 11.4. The maximum atomic E-state index is 10.1. The Morgan fingerprint density at radius 1 is 0.947 bits per heavy atom. The molecule has 0 amide bonds. The third-order valence-electron chi connectivity index (χ3n) is 3.26. The molecule has 0 bridgehead atoms. The number of rotatable bonds is 6. The Labute approximate surface area is 115 Å². The molecule has 0 spiro atoms. The average Bonchev–Trinajstić information content (AvgIpc) is 2.47. The zero-order chi connectivity index (χ0) is 13.5. The standard InChI is InChI=1S/C17H21NO/c1-18(14-15-8-4-2-5-9-15)13-12-17(19)16-10-6-3-7-11-16/h2-11,17,19H,12-14H2,1H3/t17-/m0/s1. The van der Waals surface area contributed by atoms with Crippen molar-refractivity contribution < 1.29 is 5.11 Å². The van der Waals surface area contributed by atoms with Crippen molar-refractivity contribution in [1.29, 1.82) is 0 Å². The van der Waals surface area contributed by atoms with Gasteiger partial charge in [0.2, 0.25) is 0 Å². The maximum Gasteiger partial charge on any atom is 0.0802 e. The summed E-state index contributed by atoms with van der Waals surface area (Å²) < 4.78 is 0. The van der Waals surface area contributed by atoms with Crippen molar-refractivity contribution in [3.05, 3.63) is 71.8 Å². The lowest BCUT2D eigenvalue weighted by molar-refractivity contribution is 0.147. The second-order valence-corrected chi connectivity index (χ2v) is 4.94. The van der Waals surface area contributed by atoms with Crippen molar-refractivity contribution in [1.82, 2.24) is 4.90 Å². The van der Waals surface area contributed by atoms with Crippen molar-refractivity contribution in [3.8, 4) is 0 Å². The molecule has 0 aromatic heterocycles. The summed E-state index contributed by atoms with van der Waals surface area (Å²) in [5, 5.41) is 10.1. The Hall–Kier alpha value is -1.64. The second kappa shape index (κ2) is 7.07. The smallest absolute Gasteiger partial charge is 0.0802 e. The summed E-state index contributed by atoms with van der Waals surface area (Å²) in [6, 6.07) is 20.3. The van der Waals surface area contributed by atoms with Crippen LogP contribution in [0.3, 0.4) is 0 Å². The summed E-state index contributed by atoms with van der Waals surface area (Å²) >= 11 is 0. The van der Waals surface area contributed by atoms with Crippen LogP contribution in [0.25, 0.3) is 0 Å². The van der Waals surface area contributed by atoms with Gasteiger partial charge in [0.25, 0.3) is 0 Å². The van der Waals surface area contributed by atoms with Gasteiger partial charge < -0.3 is 10.0 Å². The summed E-state index contributed by atoms with van der Waals surface area (Å²) in [5.41, 5.74) is 2.30. The molecule has 0 saturated carbocycles. The van der Waals surface area contributed by atoms with Crippen molar-refractivity contribution >= 4 is 0 Å². The van der Waals surface area contributed by atoms with Gasteiger partial charge in [-0.05, 0) is 24.6 Å². The lowest BCUT2D eigenvalue weighted by Crippen LogP contribution is -2.20. The molecule has 0 saturated heterocycles. The van der Waals surface area contributed by atoms with Crippen molar-refractivity contribution in [2.45, 2.75) is 19.1 Å². The predicted molar refractivity (Wildman–Crippen MR) is 78.8 cm³/mol. The van der Waals surface area contributed by atoms with Gasteiger partial charge in [0.05, 0.1) is 6.10 Å². The van der Waals surface area contributed by atoms with Crippen LogP contribution in [0, 0.1) is 0 Å². The van der Waals surface area contributed by atoms with E-state index >= 15 is 0 Å². The van der Waals surface area contributed by atoms with E-state index in [1.54, 1.807) is 0 Å². The van der Waals surface area contributed by atoms with Crippen molar-refractivity contribution in [2.75, 3.05) is 13.6 Å². The van der Waals surface area contributed by atoms with E-state index in [0.29, 0.717) is 0 Å². The fourth-order valence-corrected chi connectivity index (χ4v) is 2.16. The van der Waals surface area contributed by atoms with Crippen LogP contribution in [0.1, 0.15) is 23.7 Å². The van der Waals surface area contributed by atoms with E-state index < -0.39 is 0 Å². The van der Waals surface area contributed by atoms with Gasteiger partial charge in [-0.25, -0.2) is 0 Å². The molecule has 0 aliphatic carbocycles. The van der Waals surface area contributed by atoms with Crippen LogP contribution in [0.15, 0.2) is 60.7 Å². The zero-order valence-corrected chi connectivity index (χ0v) is 11.4. The summed E-state index contributed by atoms with van der Waals surface area (Å²) in [6.07, 6.45) is 0.382. The van der Waals surface area contributed by atoms with Crippen LogP contribution in [-0.4, -0.2) is 23.6 Å². The molecular formula is C17H21NO. The van der Waals surface area contributed by atoms with E-state index in [9.17, 15) is 5.11 Å². The molecule has 0 fully saturated rings. The number of benzene rings is 2. The monoisotopic (exact) mass is 255 g/mol. The van der Waals surface area contributed by atoms with Crippen molar-refractivity contribution in [2.24, 2.45) is 0 Å². The van der Waals surface area contributed by atoms with Crippen LogP contribution < -0.4 is 0 Å². The Bertz CT molecular complexity index is 469. The predicted octanol–water partition coefficient (Wildman–Crippen LogP) is 3.24. The second-order valence-electron chi connectivity index (χ2n) is 4.94. The molecule has 2 nitrogen and oxygen atoms in total. The van der Waals surface area contributed by atoms with Crippen LogP contribution in [0.2, 0.25) is 0 Å². The first kappa shape index (κ1) is 13.8. The largest absolute Gasteiger partial charge is 0.388 e. The Morgan fingerprint density at radius 2 is 1.53 bits per heavy atom. The number of hydrogen-bond donors (Lipinski definition) is 1. The van der Waals surface area contributed by atoms with E-state index in [4.69, 9.17) is 0 Å². The minimum absolute atomic E-state index is 0.376. The third-order valence-corrected chi connectivity index (χ3v) is 3.26. The van der Waals surface area contributed by atoms with Crippen molar-refractivity contribution in [3.63, 3.8) is 0 Å². The summed E-state index contributed by atoms with van der Waals surface area (Å²) in [4.78, 5) is 2.24. The maximum absolute atomic E-state index is 10.1. The Balaban J connectivity index is 1.79. The van der Waals surface area contributed by atoms with Crippen LogP contribution in [0.5, 0.6) is 0 Å². The molecule has 2 rings (SSSR count). The SMILES string of the molecule is CN(CC[C@H](O)c1ccccc1)Cc1ccccc1. The molecule has 1 atom stereocenters. The molecule has 0 aliphatic rings. The first-order chi connectivity index (χ1) is 9.25.